The first-order valence-corrected chi connectivity index (χ1v) is 12.0. The molecule has 4 heterocycles. The average molecular weight is 447 g/mol. The third-order valence-electron chi connectivity index (χ3n) is 6.07. The van der Waals surface area contributed by atoms with Crippen LogP contribution in [0.25, 0.3) is 0 Å². The first-order chi connectivity index (χ1) is 15.2. The topological polar surface area (TPSA) is 46.9 Å². The zero-order chi connectivity index (χ0) is 20.9. The molecule has 2 aromatic heterocycles. The average Bonchev–Trinajstić information content (AvgIpc) is 3.44. The SMILES string of the molecule is OC(c1ccccc1)c1cc2c(s1)CN1CN2Cc2sc(C(O)c3ccccc3)cc21. The quantitative estimate of drug-likeness (QED) is 0.448. The van der Waals surface area contributed by atoms with Crippen molar-refractivity contribution >= 4 is 34.0 Å². The zero-order valence-electron chi connectivity index (χ0n) is 16.8. The fraction of sp³-hybridized carbons (Fsp3) is 0.200. The van der Waals surface area contributed by atoms with Crippen LogP contribution in [-0.2, 0) is 13.1 Å². The Morgan fingerprint density at radius 1 is 0.645 bits per heavy atom. The van der Waals surface area contributed by atoms with E-state index in [0.717, 1.165) is 40.6 Å². The molecule has 4 aromatic rings. The van der Waals surface area contributed by atoms with Crippen LogP contribution in [0, 0.1) is 0 Å². The number of rotatable bonds is 4. The summed E-state index contributed by atoms with van der Waals surface area (Å²) in [6.45, 7) is 2.51. The fourth-order valence-corrected chi connectivity index (χ4v) is 6.92. The number of anilines is 2. The summed E-state index contributed by atoms with van der Waals surface area (Å²) in [5.41, 5.74) is 4.32. The van der Waals surface area contributed by atoms with Crippen molar-refractivity contribution in [1.29, 1.82) is 0 Å². The minimum atomic E-state index is -0.588. The second-order valence-corrected chi connectivity index (χ2v) is 10.4. The van der Waals surface area contributed by atoms with E-state index in [-0.39, 0.29) is 0 Å². The molecule has 0 radical (unpaired) electrons. The Morgan fingerprint density at radius 2 is 1.06 bits per heavy atom. The van der Waals surface area contributed by atoms with E-state index in [4.69, 9.17) is 0 Å². The molecule has 0 spiro atoms. The van der Waals surface area contributed by atoms with Gasteiger partial charge in [-0.3, -0.25) is 0 Å². The molecule has 2 unspecified atom stereocenters. The van der Waals surface area contributed by atoms with Gasteiger partial charge in [0.25, 0.3) is 0 Å². The number of hydrogen-bond donors (Lipinski definition) is 2. The standard InChI is InChI=1S/C25H22N2O2S2/c28-24(16-7-3-1-4-8-16)20-11-18-22(30-20)13-27-15-26(18)14-23-19(27)12-21(31-23)25(29)17-9-5-2-6-10-17/h1-12,24-25,28-29H,13-15H2. The van der Waals surface area contributed by atoms with E-state index in [2.05, 4.69) is 21.9 Å². The summed E-state index contributed by atoms with van der Waals surface area (Å²) in [7, 11) is 0. The molecule has 6 heteroatoms. The van der Waals surface area contributed by atoms with Gasteiger partial charge in [0.15, 0.2) is 0 Å². The van der Waals surface area contributed by atoms with Gasteiger partial charge in [-0.25, -0.2) is 0 Å². The molecule has 31 heavy (non-hydrogen) atoms. The van der Waals surface area contributed by atoms with E-state index in [1.807, 2.05) is 60.7 Å². The van der Waals surface area contributed by atoms with E-state index in [0.29, 0.717) is 0 Å². The lowest BCUT2D eigenvalue weighted by Crippen LogP contribution is -2.44. The second-order valence-electron chi connectivity index (χ2n) is 8.08. The maximum Gasteiger partial charge on any atom is 0.113 e. The number of fused-ring (bicyclic) bond motifs is 6. The molecule has 0 fully saturated rings. The van der Waals surface area contributed by atoms with Gasteiger partial charge in [-0.15, -0.1) is 22.7 Å². The monoisotopic (exact) mass is 446 g/mol. The van der Waals surface area contributed by atoms with Gasteiger partial charge in [0, 0.05) is 19.5 Å². The van der Waals surface area contributed by atoms with Gasteiger partial charge in [0.1, 0.15) is 12.2 Å². The Kier molecular flexibility index (Phi) is 4.61. The lowest BCUT2D eigenvalue weighted by atomic mass is 10.1. The van der Waals surface area contributed by atoms with Crippen LogP contribution >= 0.6 is 22.7 Å². The third kappa shape index (κ3) is 3.27. The molecule has 2 aliphatic rings. The number of nitrogens with zero attached hydrogens (tertiary/aromatic N) is 2. The number of thiophene rings is 2. The predicted octanol–water partition coefficient (Wildman–Crippen LogP) is 5.27. The molecule has 0 saturated heterocycles. The largest absolute Gasteiger partial charge is 0.383 e. The Bertz CT molecular complexity index is 1120. The molecule has 2 bridgehead atoms. The van der Waals surface area contributed by atoms with E-state index in [9.17, 15) is 10.2 Å². The van der Waals surface area contributed by atoms with E-state index in [1.54, 1.807) is 22.7 Å². The van der Waals surface area contributed by atoms with Crippen LogP contribution in [0.4, 0.5) is 11.4 Å². The normalized spacial score (nSPS) is 16.6. The highest BCUT2D eigenvalue weighted by Crippen LogP contribution is 2.47. The Balaban J connectivity index is 1.29. The minimum absolute atomic E-state index is 0.588. The van der Waals surface area contributed by atoms with Crippen LogP contribution in [0.3, 0.4) is 0 Å². The molecule has 2 atom stereocenters. The molecule has 2 aromatic carbocycles. The first kappa shape index (κ1) is 19.1. The predicted molar refractivity (Wildman–Crippen MR) is 127 cm³/mol. The highest BCUT2D eigenvalue weighted by Gasteiger charge is 2.34. The highest BCUT2D eigenvalue weighted by atomic mass is 32.1. The first-order valence-electron chi connectivity index (χ1n) is 10.4. The summed E-state index contributed by atoms with van der Waals surface area (Å²) in [6, 6.07) is 24.0. The summed E-state index contributed by atoms with van der Waals surface area (Å²) in [5.74, 6) is 0. The smallest absolute Gasteiger partial charge is 0.113 e. The van der Waals surface area contributed by atoms with Crippen molar-refractivity contribution in [2.75, 3.05) is 16.5 Å². The van der Waals surface area contributed by atoms with Gasteiger partial charge in [0.2, 0.25) is 0 Å². The molecule has 0 amide bonds. The van der Waals surface area contributed by atoms with Crippen molar-refractivity contribution in [3.8, 4) is 0 Å². The van der Waals surface area contributed by atoms with Crippen molar-refractivity contribution in [2.45, 2.75) is 25.3 Å². The molecular weight excluding hydrogens is 424 g/mol. The van der Waals surface area contributed by atoms with Gasteiger partial charge in [-0.2, -0.15) is 0 Å². The lowest BCUT2D eigenvalue weighted by molar-refractivity contribution is 0.224. The number of aliphatic hydroxyl groups excluding tert-OH is 2. The molecule has 156 valence electrons. The van der Waals surface area contributed by atoms with Gasteiger partial charge >= 0.3 is 0 Å². The summed E-state index contributed by atoms with van der Waals surface area (Å²) >= 11 is 3.40. The number of benzene rings is 2. The van der Waals surface area contributed by atoms with Crippen LogP contribution in [0.1, 0.15) is 42.8 Å². The molecule has 4 nitrogen and oxygen atoms in total. The maximum atomic E-state index is 10.9. The van der Waals surface area contributed by atoms with Gasteiger partial charge < -0.3 is 20.0 Å². The van der Waals surface area contributed by atoms with Crippen molar-refractivity contribution in [3.63, 3.8) is 0 Å². The van der Waals surface area contributed by atoms with E-state index < -0.39 is 12.2 Å². The Hall–Kier alpha value is -2.64. The van der Waals surface area contributed by atoms with Crippen molar-refractivity contribution in [1.82, 2.24) is 0 Å². The summed E-state index contributed by atoms with van der Waals surface area (Å²) < 4.78 is 0. The van der Waals surface area contributed by atoms with Gasteiger partial charge in [-0.05, 0) is 23.3 Å². The Labute approximate surface area is 189 Å². The molecule has 2 aliphatic heterocycles. The second kappa shape index (κ2) is 7.50. The molecule has 0 aliphatic carbocycles. The lowest BCUT2D eigenvalue weighted by Gasteiger charge is -2.42. The molecule has 0 saturated carbocycles. The summed E-state index contributed by atoms with van der Waals surface area (Å²) in [4.78, 5) is 9.33. The summed E-state index contributed by atoms with van der Waals surface area (Å²) in [5, 5.41) is 21.7. The van der Waals surface area contributed by atoms with Crippen LogP contribution in [0.5, 0.6) is 0 Å². The summed E-state index contributed by atoms with van der Waals surface area (Å²) in [6.07, 6.45) is -1.18. The number of hydrogen-bond acceptors (Lipinski definition) is 6. The van der Waals surface area contributed by atoms with Crippen LogP contribution in [-0.4, -0.2) is 16.9 Å². The third-order valence-corrected chi connectivity index (χ3v) is 8.40. The maximum absolute atomic E-state index is 10.9. The van der Waals surface area contributed by atoms with Gasteiger partial charge in [-0.1, -0.05) is 60.7 Å². The van der Waals surface area contributed by atoms with Crippen molar-refractivity contribution in [3.05, 3.63) is 103 Å². The van der Waals surface area contributed by atoms with Crippen LogP contribution < -0.4 is 9.80 Å². The molecular formula is C25H22N2O2S2. The molecule has 2 N–H and O–H groups in total. The van der Waals surface area contributed by atoms with Crippen LogP contribution in [0.2, 0.25) is 0 Å². The van der Waals surface area contributed by atoms with E-state index >= 15 is 0 Å². The van der Waals surface area contributed by atoms with Crippen molar-refractivity contribution in [2.24, 2.45) is 0 Å². The van der Waals surface area contributed by atoms with E-state index in [1.165, 1.54) is 21.1 Å². The fourth-order valence-electron chi connectivity index (χ4n) is 4.48. The zero-order valence-corrected chi connectivity index (χ0v) is 18.4. The van der Waals surface area contributed by atoms with Crippen molar-refractivity contribution < 1.29 is 10.2 Å². The molecule has 6 rings (SSSR count). The highest BCUT2D eigenvalue weighted by molar-refractivity contribution is 7.13. The van der Waals surface area contributed by atoms with Gasteiger partial charge in [0.05, 0.1) is 31.1 Å². The number of aliphatic hydroxyl groups is 2. The van der Waals surface area contributed by atoms with Crippen LogP contribution in [0.15, 0.2) is 72.8 Å². The minimum Gasteiger partial charge on any atom is -0.383 e. The Morgan fingerprint density at radius 3 is 1.48 bits per heavy atom.